The average molecular weight is 285 g/mol. The van der Waals surface area contributed by atoms with Crippen molar-refractivity contribution in [3.05, 3.63) is 0 Å². The zero-order chi connectivity index (χ0) is 15.2. The minimum atomic E-state index is -0.0835. The van der Waals surface area contributed by atoms with Crippen LogP contribution in [0.2, 0.25) is 0 Å². The van der Waals surface area contributed by atoms with E-state index in [4.69, 9.17) is 9.47 Å². The largest absolute Gasteiger partial charge is 0.379 e. The highest BCUT2D eigenvalue weighted by molar-refractivity contribution is 4.86. The van der Waals surface area contributed by atoms with E-state index >= 15 is 0 Å². The Kier molecular flexibility index (Phi) is 7.49. The minimum absolute atomic E-state index is 0.0835. The number of rotatable bonds is 8. The van der Waals surface area contributed by atoms with Gasteiger partial charge in [-0.3, -0.25) is 0 Å². The number of hydrogen-bond acceptors (Lipinski definition) is 3. The molecule has 0 aromatic carbocycles. The third kappa shape index (κ3) is 5.71. The fourth-order valence-electron chi connectivity index (χ4n) is 3.00. The lowest BCUT2D eigenvalue weighted by atomic mass is 9.78. The topological polar surface area (TPSA) is 30.5 Å². The van der Waals surface area contributed by atoms with Crippen molar-refractivity contribution in [1.82, 2.24) is 5.32 Å². The molecular weight excluding hydrogens is 250 g/mol. The molecule has 0 aliphatic heterocycles. The zero-order valence-corrected chi connectivity index (χ0v) is 14.4. The second-order valence-corrected chi connectivity index (χ2v) is 7.10. The highest BCUT2D eigenvalue weighted by Crippen LogP contribution is 2.32. The number of likely N-dealkylation sites (N-methyl/N-ethyl adjacent to an activating group) is 1. The van der Waals surface area contributed by atoms with Crippen LogP contribution in [0.25, 0.3) is 0 Å². The van der Waals surface area contributed by atoms with Gasteiger partial charge in [0.2, 0.25) is 0 Å². The van der Waals surface area contributed by atoms with Gasteiger partial charge in [0.1, 0.15) is 0 Å². The fraction of sp³-hybridized carbons (Fsp3) is 1.00. The van der Waals surface area contributed by atoms with Crippen LogP contribution in [0.5, 0.6) is 0 Å². The summed E-state index contributed by atoms with van der Waals surface area (Å²) in [6, 6.07) is 0.528. The Hall–Kier alpha value is -0.120. The number of nitrogens with one attached hydrogen (secondary N) is 1. The Morgan fingerprint density at radius 2 is 1.95 bits per heavy atom. The summed E-state index contributed by atoms with van der Waals surface area (Å²) >= 11 is 0. The summed E-state index contributed by atoms with van der Waals surface area (Å²) in [5, 5.41) is 3.60. The lowest BCUT2D eigenvalue weighted by Gasteiger charge is -2.38. The Balaban J connectivity index is 2.47. The predicted molar refractivity (Wildman–Crippen MR) is 85.1 cm³/mol. The van der Waals surface area contributed by atoms with Crippen LogP contribution in [0, 0.1) is 11.8 Å². The van der Waals surface area contributed by atoms with Crippen LogP contribution >= 0.6 is 0 Å². The molecule has 0 radical (unpaired) electrons. The van der Waals surface area contributed by atoms with Crippen LogP contribution in [0.15, 0.2) is 0 Å². The van der Waals surface area contributed by atoms with E-state index in [0.29, 0.717) is 12.1 Å². The Labute approximate surface area is 125 Å². The molecule has 3 unspecified atom stereocenters. The minimum Gasteiger partial charge on any atom is -0.379 e. The molecule has 0 aromatic heterocycles. The highest BCUT2D eigenvalue weighted by Gasteiger charge is 2.32. The molecule has 3 nitrogen and oxygen atoms in total. The molecule has 0 amide bonds. The maximum Gasteiger partial charge on any atom is 0.0730 e. The standard InChI is InChI=1S/C17H35NO2/c1-7-18-15-9-8-14(13(2)3)12-16(15)20-11-10-17(4,5)19-6/h13-16,18H,7-12H2,1-6H3. The smallest absolute Gasteiger partial charge is 0.0730 e. The van der Waals surface area contributed by atoms with Crippen molar-refractivity contribution in [2.75, 3.05) is 20.3 Å². The van der Waals surface area contributed by atoms with Crippen molar-refractivity contribution in [2.45, 2.75) is 78.0 Å². The molecule has 120 valence electrons. The Morgan fingerprint density at radius 1 is 1.25 bits per heavy atom. The van der Waals surface area contributed by atoms with Gasteiger partial charge >= 0.3 is 0 Å². The van der Waals surface area contributed by atoms with Gasteiger partial charge in [0.25, 0.3) is 0 Å². The van der Waals surface area contributed by atoms with Gasteiger partial charge < -0.3 is 14.8 Å². The summed E-state index contributed by atoms with van der Waals surface area (Å²) in [4.78, 5) is 0. The number of hydrogen-bond donors (Lipinski definition) is 1. The number of methoxy groups -OCH3 is 1. The van der Waals surface area contributed by atoms with E-state index in [2.05, 4.69) is 39.9 Å². The van der Waals surface area contributed by atoms with E-state index in [0.717, 1.165) is 31.4 Å². The fourth-order valence-corrected chi connectivity index (χ4v) is 3.00. The summed E-state index contributed by atoms with van der Waals surface area (Å²) in [7, 11) is 1.77. The molecule has 3 atom stereocenters. The van der Waals surface area contributed by atoms with Gasteiger partial charge in [-0.25, -0.2) is 0 Å². The van der Waals surface area contributed by atoms with E-state index in [-0.39, 0.29) is 5.60 Å². The summed E-state index contributed by atoms with van der Waals surface area (Å²) in [5.41, 5.74) is -0.0835. The summed E-state index contributed by atoms with van der Waals surface area (Å²) in [5.74, 6) is 1.57. The maximum absolute atomic E-state index is 6.22. The second kappa shape index (κ2) is 8.35. The van der Waals surface area contributed by atoms with Crippen molar-refractivity contribution in [3.63, 3.8) is 0 Å². The average Bonchev–Trinajstić information content (AvgIpc) is 2.40. The van der Waals surface area contributed by atoms with Gasteiger partial charge in [-0.05, 0) is 57.9 Å². The molecular formula is C17H35NO2. The molecule has 0 heterocycles. The van der Waals surface area contributed by atoms with Crippen LogP contribution in [-0.2, 0) is 9.47 Å². The third-order valence-electron chi connectivity index (χ3n) is 4.83. The Morgan fingerprint density at radius 3 is 2.50 bits per heavy atom. The van der Waals surface area contributed by atoms with Gasteiger partial charge in [0.05, 0.1) is 11.7 Å². The van der Waals surface area contributed by atoms with Crippen molar-refractivity contribution in [2.24, 2.45) is 11.8 Å². The summed E-state index contributed by atoms with van der Waals surface area (Å²) in [6.07, 6.45) is 5.09. The van der Waals surface area contributed by atoms with Gasteiger partial charge in [-0.2, -0.15) is 0 Å². The van der Waals surface area contributed by atoms with Crippen molar-refractivity contribution in [1.29, 1.82) is 0 Å². The molecule has 0 saturated heterocycles. The highest BCUT2D eigenvalue weighted by atomic mass is 16.5. The van der Waals surface area contributed by atoms with Crippen molar-refractivity contribution in [3.8, 4) is 0 Å². The molecule has 20 heavy (non-hydrogen) atoms. The summed E-state index contributed by atoms with van der Waals surface area (Å²) < 4.78 is 11.7. The van der Waals surface area contributed by atoms with Gasteiger partial charge in [0, 0.05) is 19.8 Å². The van der Waals surface area contributed by atoms with Crippen LogP contribution in [0.1, 0.15) is 60.3 Å². The molecule has 1 saturated carbocycles. The predicted octanol–water partition coefficient (Wildman–Crippen LogP) is 3.62. The molecule has 1 fully saturated rings. The van der Waals surface area contributed by atoms with Crippen LogP contribution < -0.4 is 5.32 Å². The van der Waals surface area contributed by atoms with Crippen LogP contribution in [0.4, 0.5) is 0 Å². The van der Waals surface area contributed by atoms with Crippen LogP contribution in [-0.4, -0.2) is 38.0 Å². The molecule has 1 N–H and O–H groups in total. The third-order valence-corrected chi connectivity index (χ3v) is 4.83. The van der Waals surface area contributed by atoms with E-state index in [1.54, 1.807) is 7.11 Å². The first kappa shape index (κ1) is 17.9. The molecule has 0 bridgehead atoms. The lowest BCUT2D eigenvalue weighted by molar-refractivity contribution is -0.0525. The quantitative estimate of drug-likeness (QED) is 0.739. The lowest BCUT2D eigenvalue weighted by Crippen LogP contribution is -2.46. The van der Waals surface area contributed by atoms with Crippen molar-refractivity contribution >= 4 is 0 Å². The molecule has 1 aliphatic rings. The first-order valence-corrected chi connectivity index (χ1v) is 8.29. The van der Waals surface area contributed by atoms with Crippen molar-refractivity contribution < 1.29 is 9.47 Å². The van der Waals surface area contributed by atoms with Gasteiger partial charge in [0.15, 0.2) is 0 Å². The zero-order valence-electron chi connectivity index (χ0n) is 14.4. The summed E-state index contributed by atoms with van der Waals surface area (Å²) in [6.45, 7) is 12.9. The number of ether oxygens (including phenoxy) is 2. The normalized spacial score (nSPS) is 28.1. The molecule has 3 heteroatoms. The van der Waals surface area contributed by atoms with E-state index in [1.165, 1.54) is 19.3 Å². The molecule has 0 spiro atoms. The molecule has 1 aliphatic carbocycles. The Bertz CT molecular complexity index is 266. The maximum atomic E-state index is 6.22. The van der Waals surface area contributed by atoms with Gasteiger partial charge in [-0.1, -0.05) is 20.8 Å². The van der Waals surface area contributed by atoms with E-state index in [1.807, 2.05) is 0 Å². The first-order valence-electron chi connectivity index (χ1n) is 8.29. The second-order valence-electron chi connectivity index (χ2n) is 7.10. The van der Waals surface area contributed by atoms with Gasteiger partial charge in [-0.15, -0.1) is 0 Å². The van der Waals surface area contributed by atoms with E-state index < -0.39 is 0 Å². The SMILES string of the molecule is CCNC1CCC(C(C)C)CC1OCCC(C)(C)OC. The van der Waals surface area contributed by atoms with E-state index in [9.17, 15) is 0 Å². The first-order chi connectivity index (χ1) is 9.39. The molecule has 1 rings (SSSR count). The monoisotopic (exact) mass is 285 g/mol. The van der Waals surface area contributed by atoms with Crippen LogP contribution in [0.3, 0.4) is 0 Å². The molecule has 0 aromatic rings.